The number of para-hydroxylation sites is 1. The largest absolute Gasteiger partial charge is 0.455 e. The van der Waals surface area contributed by atoms with Crippen LogP contribution in [0.1, 0.15) is 0 Å². The lowest BCUT2D eigenvalue weighted by Gasteiger charge is -2.10. The van der Waals surface area contributed by atoms with E-state index in [1.165, 1.54) is 5.39 Å². The molecule has 0 N–H and O–H groups in total. The fraction of sp³-hybridized carbons (Fsp3) is 0. The maximum absolute atomic E-state index is 6.65. The molecule has 2 heterocycles. The van der Waals surface area contributed by atoms with E-state index in [9.17, 15) is 0 Å². The number of hydrogen-bond acceptors (Lipinski definition) is 4. The van der Waals surface area contributed by atoms with Gasteiger partial charge in [-0.2, -0.15) is 0 Å². The second-order valence-electron chi connectivity index (χ2n) is 11.6. The van der Waals surface area contributed by atoms with E-state index in [0.29, 0.717) is 17.5 Å². The van der Waals surface area contributed by atoms with Crippen LogP contribution in [0.4, 0.5) is 0 Å². The summed E-state index contributed by atoms with van der Waals surface area (Å²) in [6.07, 6.45) is 0. The number of benzene rings is 7. The molecule has 220 valence electrons. The van der Waals surface area contributed by atoms with Gasteiger partial charge in [0.05, 0.1) is 0 Å². The summed E-state index contributed by atoms with van der Waals surface area (Å²) in [7, 11) is 0. The van der Waals surface area contributed by atoms with Gasteiger partial charge >= 0.3 is 0 Å². The molecule has 4 nitrogen and oxygen atoms in total. The zero-order valence-corrected chi connectivity index (χ0v) is 25.3. The van der Waals surface area contributed by atoms with E-state index < -0.39 is 0 Å². The lowest BCUT2D eigenvalue weighted by molar-refractivity contribution is 0.674. The molecule has 9 aromatic rings. The highest BCUT2D eigenvalue weighted by atomic mass is 16.3. The molecule has 0 radical (unpaired) electrons. The number of nitrogens with zero attached hydrogens (tertiary/aromatic N) is 3. The lowest BCUT2D eigenvalue weighted by atomic mass is 9.96. The normalized spacial score (nSPS) is 11.4. The zero-order chi connectivity index (χ0) is 31.2. The molecular weight excluding hydrogens is 574 g/mol. The summed E-state index contributed by atoms with van der Waals surface area (Å²) in [4.78, 5) is 14.7. The van der Waals surface area contributed by atoms with Gasteiger partial charge in [0.2, 0.25) is 0 Å². The third-order valence-corrected chi connectivity index (χ3v) is 8.72. The molecule has 0 aliphatic rings. The smallest absolute Gasteiger partial charge is 0.164 e. The van der Waals surface area contributed by atoms with Crippen LogP contribution >= 0.6 is 0 Å². The Morgan fingerprint density at radius 1 is 0.319 bits per heavy atom. The van der Waals surface area contributed by atoms with E-state index in [2.05, 4.69) is 103 Å². The van der Waals surface area contributed by atoms with Crippen LogP contribution in [-0.4, -0.2) is 15.0 Å². The third-order valence-electron chi connectivity index (χ3n) is 8.72. The maximum atomic E-state index is 6.65. The Hall–Kier alpha value is -6.39. The molecule has 9 rings (SSSR count). The molecule has 0 aliphatic carbocycles. The molecule has 4 heteroatoms. The molecule has 0 amide bonds. The highest BCUT2D eigenvalue weighted by Crippen LogP contribution is 2.39. The van der Waals surface area contributed by atoms with Crippen LogP contribution in [0.5, 0.6) is 0 Å². The minimum absolute atomic E-state index is 0.634. The van der Waals surface area contributed by atoms with Gasteiger partial charge in [-0.25, -0.2) is 15.0 Å². The second-order valence-corrected chi connectivity index (χ2v) is 11.6. The average Bonchev–Trinajstić information content (AvgIpc) is 3.55. The fourth-order valence-corrected chi connectivity index (χ4v) is 6.40. The Bertz CT molecular complexity index is 2510. The molecule has 0 bridgehead atoms. The predicted molar refractivity (Wildman–Crippen MR) is 192 cm³/mol. The van der Waals surface area contributed by atoms with Crippen LogP contribution in [0.3, 0.4) is 0 Å². The SMILES string of the molecule is c1ccc(-c2nc(-c3ccccc3)nc(-c3cccc(-c4cccc(-c5cccc6c5oc5c7ccccc7ccc65)c4)c3)n2)cc1. The first-order valence-corrected chi connectivity index (χ1v) is 15.7. The minimum Gasteiger partial charge on any atom is -0.455 e. The van der Waals surface area contributed by atoms with Crippen molar-refractivity contribution >= 4 is 32.7 Å². The summed E-state index contributed by atoms with van der Waals surface area (Å²) in [5, 5.41) is 4.55. The molecule has 0 atom stereocenters. The van der Waals surface area contributed by atoms with Crippen LogP contribution in [0.15, 0.2) is 168 Å². The number of fused-ring (bicyclic) bond motifs is 5. The second kappa shape index (κ2) is 11.2. The fourth-order valence-electron chi connectivity index (χ4n) is 6.40. The van der Waals surface area contributed by atoms with E-state index in [1.807, 2.05) is 60.7 Å². The molecule has 0 saturated carbocycles. The van der Waals surface area contributed by atoms with Gasteiger partial charge in [-0.15, -0.1) is 0 Å². The molecule has 0 saturated heterocycles. The average molecular weight is 602 g/mol. The van der Waals surface area contributed by atoms with E-state index >= 15 is 0 Å². The molecule has 0 fully saturated rings. The van der Waals surface area contributed by atoms with E-state index in [4.69, 9.17) is 19.4 Å². The van der Waals surface area contributed by atoms with Gasteiger partial charge in [-0.05, 0) is 40.3 Å². The van der Waals surface area contributed by atoms with Crippen molar-refractivity contribution in [3.05, 3.63) is 164 Å². The quantitative estimate of drug-likeness (QED) is 0.197. The Labute approximate surface area is 271 Å². The first-order valence-electron chi connectivity index (χ1n) is 15.7. The van der Waals surface area contributed by atoms with E-state index in [-0.39, 0.29) is 0 Å². The summed E-state index contributed by atoms with van der Waals surface area (Å²) in [6.45, 7) is 0. The van der Waals surface area contributed by atoms with Crippen LogP contribution < -0.4 is 0 Å². The van der Waals surface area contributed by atoms with Crippen molar-refractivity contribution in [1.29, 1.82) is 0 Å². The van der Waals surface area contributed by atoms with E-state index in [1.54, 1.807) is 0 Å². The summed E-state index contributed by atoms with van der Waals surface area (Å²) >= 11 is 0. The van der Waals surface area contributed by atoms with Gasteiger partial charge in [-0.3, -0.25) is 0 Å². The predicted octanol–water partition coefficient (Wildman–Crippen LogP) is 11.3. The molecule has 7 aromatic carbocycles. The molecule has 0 aliphatic heterocycles. The first-order chi connectivity index (χ1) is 23.3. The van der Waals surface area contributed by atoms with Crippen molar-refractivity contribution in [3.8, 4) is 56.4 Å². The summed E-state index contributed by atoms with van der Waals surface area (Å²) in [6, 6.07) is 56.3. The number of aromatic nitrogens is 3. The van der Waals surface area contributed by atoms with Gasteiger partial charge in [0.1, 0.15) is 11.2 Å². The molecule has 0 unspecified atom stereocenters. The van der Waals surface area contributed by atoms with Gasteiger partial charge < -0.3 is 4.42 Å². The van der Waals surface area contributed by atoms with Gasteiger partial charge in [-0.1, -0.05) is 146 Å². The van der Waals surface area contributed by atoms with Gasteiger partial charge in [0.15, 0.2) is 17.5 Å². The van der Waals surface area contributed by atoms with Crippen molar-refractivity contribution in [2.24, 2.45) is 0 Å². The number of rotatable bonds is 5. The first kappa shape index (κ1) is 27.0. The zero-order valence-electron chi connectivity index (χ0n) is 25.3. The van der Waals surface area contributed by atoms with Crippen molar-refractivity contribution in [3.63, 3.8) is 0 Å². The van der Waals surface area contributed by atoms with Crippen molar-refractivity contribution in [2.45, 2.75) is 0 Å². The summed E-state index contributed by atoms with van der Waals surface area (Å²) in [5.41, 5.74) is 9.00. The Balaban J connectivity index is 1.15. The monoisotopic (exact) mass is 601 g/mol. The van der Waals surface area contributed by atoms with Crippen LogP contribution in [0.2, 0.25) is 0 Å². The maximum Gasteiger partial charge on any atom is 0.164 e. The van der Waals surface area contributed by atoms with Crippen molar-refractivity contribution in [1.82, 2.24) is 15.0 Å². The van der Waals surface area contributed by atoms with Crippen molar-refractivity contribution < 1.29 is 4.42 Å². The molecule has 2 aromatic heterocycles. The highest BCUT2D eigenvalue weighted by Gasteiger charge is 2.16. The number of hydrogen-bond donors (Lipinski definition) is 0. The Morgan fingerprint density at radius 2 is 0.809 bits per heavy atom. The van der Waals surface area contributed by atoms with Crippen LogP contribution in [-0.2, 0) is 0 Å². The topological polar surface area (TPSA) is 51.8 Å². The Kier molecular flexibility index (Phi) is 6.43. The van der Waals surface area contributed by atoms with Gasteiger partial charge in [0.25, 0.3) is 0 Å². The van der Waals surface area contributed by atoms with Crippen LogP contribution in [0, 0.1) is 0 Å². The molecular formula is C43H27N3O. The standard InChI is InChI=1S/C43H27N3O/c1-3-13-29(14-4-1)41-44-42(30-15-5-2-6-16-30)46-43(45-41)34-20-10-18-32(27-34)31-17-9-19-33(26-31)36-22-11-23-37-38-25-24-28-12-7-8-21-35(28)39(38)47-40(36)37/h1-27H. The molecule has 47 heavy (non-hydrogen) atoms. The Morgan fingerprint density at radius 3 is 1.51 bits per heavy atom. The third kappa shape index (κ3) is 4.84. The summed E-state index contributed by atoms with van der Waals surface area (Å²) in [5.74, 6) is 1.93. The van der Waals surface area contributed by atoms with E-state index in [0.717, 1.165) is 66.3 Å². The van der Waals surface area contributed by atoms with Crippen molar-refractivity contribution in [2.75, 3.05) is 0 Å². The molecule has 0 spiro atoms. The minimum atomic E-state index is 0.634. The number of furan rings is 1. The highest BCUT2D eigenvalue weighted by molar-refractivity contribution is 6.17. The summed E-state index contributed by atoms with van der Waals surface area (Å²) < 4.78 is 6.65. The lowest BCUT2D eigenvalue weighted by Crippen LogP contribution is -2.00. The van der Waals surface area contributed by atoms with Crippen LogP contribution in [0.25, 0.3) is 89.1 Å². The van der Waals surface area contributed by atoms with Gasteiger partial charge in [0, 0.05) is 38.4 Å².